The van der Waals surface area contributed by atoms with Crippen molar-refractivity contribution in [1.29, 1.82) is 0 Å². The van der Waals surface area contributed by atoms with E-state index in [0.29, 0.717) is 5.92 Å². The molecule has 2 heteroatoms. The highest BCUT2D eigenvalue weighted by atomic mass is 15.2. The highest BCUT2D eigenvalue weighted by Gasteiger charge is 2.53. The van der Waals surface area contributed by atoms with E-state index in [1.165, 1.54) is 132 Å². The molecule has 0 saturated heterocycles. The zero-order valence-electron chi connectivity index (χ0n) is 46.6. The van der Waals surface area contributed by atoms with E-state index < -0.39 is 5.41 Å². The monoisotopic (exact) mass is 1050 g/mol. The third-order valence-corrected chi connectivity index (χ3v) is 20.6. The van der Waals surface area contributed by atoms with Crippen LogP contribution in [0.3, 0.4) is 0 Å². The standard InChI is InChI=1S/C80H64N2/c1-79(2)70-32-18-15-29-62(70)67-46-61(39-40-71(67)79)82(59-27-13-6-14-28-59)77-50-75-69(48-66(77)54-23-9-4-10-24-54)64-31-17-20-34-73(64)80(75)72-33-19-16-30-63(72)68-47-65(53-21-7-3-8-22-53)76(49-74(68)80)81(58-25-11-5-12-26-58)60-37-35-55(36-38-60)78-56-42-51-41-52(44-56)45-57(78)43-51/h3-40,46-52,56-57,78H,41-45H2,1-2H3. The lowest BCUT2D eigenvalue weighted by Gasteiger charge is -2.54. The zero-order chi connectivity index (χ0) is 54.3. The predicted octanol–water partition coefficient (Wildman–Crippen LogP) is 21.1. The summed E-state index contributed by atoms with van der Waals surface area (Å²) in [5, 5.41) is 0. The molecule has 11 aromatic carbocycles. The molecule has 7 aliphatic rings. The summed E-state index contributed by atoms with van der Waals surface area (Å²) in [6.45, 7) is 4.75. The van der Waals surface area contributed by atoms with Crippen molar-refractivity contribution in [1.82, 2.24) is 0 Å². The van der Waals surface area contributed by atoms with Crippen LogP contribution >= 0.6 is 0 Å². The molecule has 0 aliphatic heterocycles. The lowest BCUT2D eigenvalue weighted by molar-refractivity contribution is -0.00277. The first-order chi connectivity index (χ1) is 40.4. The van der Waals surface area contributed by atoms with Crippen molar-refractivity contribution in [2.75, 3.05) is 9.80 Å². The van der Waals surface area contributed by atoms with Gasteiger partial charge in [-0.15, -0.1) is 0 Å². The SMILES string of the molecule is CC1(C)c2ccccc2-c2cc(N(c3ccccc3)c3cc4c(cc3-c3ccccc3)-c3ccccc3C43c4ccccc4-c4cc(-c5ccccc5)c(N(c5ccccc5)c5ccc(C6C7CC8CC(C7)CC6C8)cc5)cc43)ccc21. The molecule has 4 fully saturated rings. The van der Waals surface area contributed by atoms with Gasteiger partial charge in [0.2, 0.25) is 0 Å². The Labute approximate surface area is 483 Å². The third-order valence-electron chi connectivity index (χ3n) is 20.6. The Hall–Kier alpha value is -8.98. The normalized spacial score (nSPS) is 21.3. The number of benzene rings is 11. The summed E-state index contributed by atoms with van der Waals surface area (Å²) < 4.78 is 0. The van der Waals surface area contributed by atoms with Gasteiger partial charge in [-0.05, 0) is 218 Å². The van der Waals surface area contributed by atoms with Crippen molar-refractivity contribution in [2.45, 2.75) is 62.7 Å². The maximum absolute atomic E-state index is 2.61. The second kappa shape index (κ2) is 18.3. The molecule has 0 aromatic heterocycles. The van der Waals surface area contributed by atoms with Crippen LogP contribution in [0.15, 0.2) is 261 Å². The van der Waals surface area contributed by atoms with E-state index in [2.05, 4.69) is 285 Å². The number of hydrogen-bond donors (Lipinski definition) is 0. The molecule has 82 heavy (non-hydrogen) atoms. The van der Waals surface area contributed by atoms with E-state index in [9.17, 15) is 0 Å². The molecule has 18 rings (SSSR count). The lowest BCUT2D eigenvalue weighted by Crippen LogP contribution is -2.43. The van der Waals surface area contributed by atoms with Gasteiger partial charge in [0.15, 0.2) is 0 Å². The second-order valence-corrected chi connectivity index (χ2v) is 25.2. The molecule has 4 bridgehead atoms. The largest absolute Gasteiger partial charge is 0.310 e. The molecule has 394 valence electrons. The van der Waals surface area contributed by atoms with Gasteiger partial charge in [-0.2, -0.15) is 0 Å². The summed E-state index contributed by atoms with van der Waals surface area (Å²) in [5.41, 5.74) is 28.2. The minimum absolute atomic E-state index is 0.112. The van der Waals surface area contributed by atoms with Crippen molar-refractivity contribution in [2.24, 2.45) is 23.7 Å². The van der Waals surface area contributed by atoms with Gasteiger partial charge in [-0.1, -0.05) is 202 Å². The summed E-state index contributed by atoms with van der Waals surface area (Å²) in [6, 6.07) is 99.6. The first kappa shape index (κ1) is 47.8. The molecular formula is C80H64N2. The summed E-state index contributed by atoms with van der Waals surface area (Å²) in [5.74, 6) is 4.22. The fourth-order valence-electron chi connectivity index (χ4n) is 17.4. The van der Waals surface area contributed by atoms with Gasteiger partial charge in [-0.25, -0.2) is 0 Å². The van der Waals surface area contributed by atoms with E-state index in [0.717, 1.165) is 46.4 Å². The van der Waals surface area contributed by atoms with Crippen LogP contribution in [0.1, 0.15) is 90.8 Å². The molecule has 1 atom stereocenters. The van der Waals surface area contributed by atoms with Crippen molar-refractivity contribution in [3.8, 4) is 55.6 Å². The Morgan fingerprint density at radius 1 is 0.293 bits per heavy atom. The molecule has 0 N–H and O–H groups in total. The summed E-state index contributed by atoms with van der Waals surface area (Å²) >= 11 is 0. The number of para-hydroxylation sites is 2. The van der Waals surface area contributed by atoms with Crippen LogP contribution in [0.4, 0.5) is 34.1 Å². The number of fused-ring (bicyclic) bond motifs is 13. The van der Waals surface area contributed by atoms with Crippen molar-refractivity contribution in [3.05, 3.63) is 300 Å². The van der Waals surface area contributed by atoms with Gasteiger partial charge in [0, 0.05) is 39.3 Å². The molecule has 11 aromatic rings. The van der Waals surface area contributed by atoms with E-state index >= 15 is 0 Å². The second-order valence-electron chi connectivity index (χ2n) is 25.2. The van der Waals surface area contributed by atoms with Crippen LogP contribution in [-0.4, -0.2) is 0 Å². The molecule has 2 nitrogen and oxygen atoms in total. The van der Waals surface area contributed by atoms with Crippen LogP contribution in [0.25, 0.3) is 55.6 Å². The smallest absolute Gasteiger partial charge is 0.0727 e. The van der Waals surface area contributed by atoms with E-state index in [-0.39, 0.29) is 5.41 Å². The minimum Gasteiger partial charge on any atom is -0.310 e. The van der Waals surface area contributed by atoms with Gasteiger partial charge < -0.3 is 9.80 Å². The Bertz CT molecular complexity index is 4270. The topological polar surface area (TPSA) is 6.48 Å². The maximum Gasteiger partial charge on any atom is 0.0727 e. The molecule has 0 radical (unpaired) electrons. The average molecular weight is 1050 g/mol. The molecule has 0 amide bonds. The van der Waals surface area contributed by atoms with Crippen molar-refractivity contribution in [3.63, 3.8) is 0 Å². The molecule has 0 heterocycles. The fourth-order valence-corrected chi connectivity index (χ4v) is 17.4. The van der Waals surface area contributed by atoms with Crippen LogP contribution in [0.5, 0.6) is 0 Å². The predicted molar refractivity (Wildman–Crippen MR) is 340 cm³/mol. The highest BCUT2D eigenvalue weighted by Crippen LogP contribution is 2.66. The summed E-state index contributed by atoms with van der Waals surface area (Å²) in [7, 11) is 0. The summed E-state index contributed by atoms with van der Waals surface area (Å²) in [4.78, 5) is 5.11. The van der Waals surface area contributed by atoms with Gasteiger partial charge in [0.05, 0.1) is 16.8 Å². The van der Waals surface area contributed by atoms with Crippen LogP contribution in [0.2, 0.25) is 0 Å². The van der Waals surface area contributed by atoms with E-state index in [4.69, 9.17) is 0 Å². The minimum atomic E-state index is -0.666. The number of anilines is 6. The number of nitrogens with zero attached hydrogens (tertiary/aromatic N) is 2. The van der Waals surface area contributed by atoms with Gasteiger partial charge >= 0.3 is 0 Å². The van der Waals surface area contributed by atoms with Gasteiger partial charge in [0.1, 0.15) is 0 Å². The number of hydrogen-bond acceptors (Lipinski definition) is 2. The van der Waals surface area contributed by atoms with Crippen LogP contribution in [0, 0.1) is 23.7 Å². The molecule has 1 spiro atoms. The molecule has 4 saturated carbocycles. The molecular weight excluding hydrogens is 989 g/mol. The Kier molecular flexibility index (Phi) is 10.6. The van der Waals surface area contributed by atoms with E-state index in [1.807, 2.05) is 0 Å². The maximum atomic E-state index is 2.61. The zero-order valence-corrected chi connectivity index (χ0v) is 46.6. The Morgan fingerprint density at radius 2 is 0.671 bits per heavy atom. The van der Waals surface area contributed by atoms with E-state index in [1.54, 1.807) is 5.56 Å². The third kappa shape index (κ3) is 7.00. The first-order valence-electron chi connectivity index (χ1n) is 30.1. The van der Waals surface area contributed by atoms with Crippen LogP contribution in [-0.2, 0) is 10.8 Å². The average Bonchev–Trinajstić information content (AvgIpc) is 2.31. The lowest BCUT2D eigenvalue weighted by atomic mass is 9.51. The van der Waals surface area contributed by atoms with Gasteiger partial charge in [-0.3, -0.25) is 0 Å². The first-order valence-corrected chi connectivity index (χ1v) is 30.1. The van der Waals surface area contributed by atoms with Crippen LogP contribution < -0.4 is 9.80 Å². The summed E-state index contributed by atoms with van der Waals surface area (Å²) in [6.07, 6.45) is 7.15. The van der Waals surface area contributed by atoms with Crippen molar-refractivity contribution < 1.29 is 0 Å². The Morgan fingerprint density at radius 3 is 1.17 bits per heavy atom. The van der Waals surface area contributed by atoms with Crippen molar-refractivity contribution >= 4 is 34.1 Å². The number of rotatable bonds is 9. The Balaban J connectivity index is 0.925. The molecule has 1 unspecified atom stereocenters. The molecule has 7 aliphatic carbocycles. The van der Waals surface area contributed by atoms with Gasteiger partial charge in [0.25, 0.3) is 0 Å². The quantitative estimate of drug-likeness (QED) is 0.142. The highest BCUT2D eigenvalue weighted by molar-refractivity contribution is 6.03. The fraction of sp³-hybridized carbons (Fsp3) is 0.175.